The van der Waals surface area contributed by atoms with Crippen LogP contribution in [-0.4, -0.2) is 21.0 Å². The van der Waals surface area contributed by atoms with Crippen LogP contribution in [0.15, 0.2) is 41.3 Å². The summed E-state index contributed by atoms with van der Waals surface area (Å²) in [6.07, 6.45) is 4.49. The minimum atomic E-state index is -1.14. The number of nitrogens with zero attached hydrogens (tertiary/aromatic N) is 2. The number of hydrogen-bond donors (Lipinski definition) is 1. The molecule has 2 heterocycles. The molecule has 0 saturated carbocycles. The molecule has 17 heavy (non-hydrogen) atoms. The van der Waals surface area contributed by atoms with E-state index >= 15 is 0 Å². The predicted octanol–water partition coefficient (Wildman–Crippen LogP) is 2.73. The summed E-state index contributed by atoms with van der Waals surface area (Å²) >= 11 is 3.25. The van der Waals surface area contributed by atoms with E-state index in [0.717, 1.165) is 4.47 Å². The number of pyridine rings is 2. The molecular formula is C11H7BrN2O3. The first-order valence-electron chi connectivity index (χ1n) is 4.63. The average molecular weight is 295 g/mol. The van der Waals surface area contributed by atoms with Crippen molar-refractivity contribution in [2.45, 2.75) is 0 Å². The van der Waals surface area contributed by atoms with Crippen LogP contribution in [0.3, 0.4) is 0 Å². The van der Waals surface area contributed by atoms with Crippen molar-refractivity contribution < 1.29 is 14.6 Å². The summed E-state index contributed by atoms with van der Waals surface area (Å²) in [5.41, 5.74) is -0.132. The van der Waals surface area contributed by atoms with Gasteiger partial charge >= 0.3 is 5.97 Å². The van der Waals surface area contributed by atoms with E-state index in [0.29, 0.717) is 5.75 Å². The predicted molar refractivity (Wildman–Crippen MR) is 63.2 cm³/mol. The molecule has 0 aliphatic carbocycles. The molecule has 0 unspecified atom stereocenters. The van der Waals surface area contributed by atoms with Gasteiger partial charge in [0, 0.05) is 16.9 Å². The van der Waals surface area contributed by atoms with Crippen LogP contribution in [0.4, 0.5) is 0 Å². The fourth-order valence-electron chi connectivity index (χ4n) is 1.21. The monoisotopic (exact) mass is 294 g/mol. The highest BCUT2D eigenvalue weighted by atomic mass is 79.9. The molecule has 0 aliphatic rings. The van der Waals surface area contributed by atoms with Gasteiger partial charge in [-0.1, -0.05) is 0 Å². The van der Waals surface area contributed by atoms with Crippen LogP contribution in [0.2, 0.25) is 0 Å². The maximum Gasteiger partial charge on any atom is 0.358 e. The third-order valence-corrected chi connectivity index (χ3v) is 2.31. The smallest absolute Gasteiger partial charge is 0.358 e. The molecule has 0 atom stereocenters. The number of hydrogen-bond acceptors (Lipinski definition) is 4. The summed E-state index contributed by atoms with van der Waals surface area (Å²) in [7, 11) is 0. The Balaban J connectivity index is 2.33. The number of ether oxygens (including phenoxy) is 1. The van der Waals surface area contributed by atoms with E-state index in [1.54, 1.807) is 18.3 Å². The first-order valence-corrected chi connectivity index (χ1v) is 5.43. The SMILES string of the molecule is O=C(O)c1ncccc1Oc1cncc(Br)c1. The highest BCUT2D eigenvalue weighted by Gasteiger charge is 2.12. The zero-order chi connectivity index (χ0) is 12.3. The highest BCUT2D eigenvalue weighted by Crippen LogP contribution is 2.25. The number of aromatic carboxylic acids is 1. The van der Waals surface area contributed by atoms with Crippen molar-refractivity contribution in [2.75, 3.05) is 0 Å². The first-order chi connectivity index (χ1) is 8.16. The van der Waals surface area contributed by atoms with Crippen LogP contribution in [0.25, 0.3) is 0 Å². The topological polar surface area (TPSA) is 72.3 Å². The van der Waals surface area contributed by atoms with Gasteiger partial charge < -0.3 is 9.84 Å². The van der Waals surface area contributed by atoms with Gasteiger partial charge in [-0.2, -0.15) is 0 Å². The van der Waals surface area contributed by atoms with Gasteiger partial charge in [-0.05, 0) is 34.1 Å². The Labute approximate surface area is 105 Å². The van der Waals surface area contributed by atoms with Gasteiger partial charge in [-0.3, -0.25) is 4.98 Å². The molecule has 5 nitrogen and oxygen atoms in total. The van der Waals surface area contributed by atoms with Gasteiger partial charge in [-0.25, -0.2) is 9.78 Å². The molecule has 0 aliphatic heterocycles. The van der Waals surface area contributed by atoms with E-state index in [1.165, 1.54) is 18.5 Å². The quantitative estimate of drug-likeness (QED) is 0.942. The maximum atomic E-state index is 10.9. The summed E-state index contributed by atoms with van der Waals surface area (Å²) in [6, 6.07) is 4.83. The van der Waals surface area contributed by atoms with E-state index < -0.39 is 5.97 Å². The molecule has 6 heteroatoms. The normalized spacial score (nSPS) is 9.94. The number of carboxylic acid groups (broad SMARTS) is 1. The van der Waals surface area contributed by atoms with Gasteiger partial charge in [0.25, 0.3) is 0 Å². The lowest BCUT2D eigenvalue weighted by atomic mass is 10.3. The van der Waals surface area contributed by atoms with Crippen molar-refractivity contribution in [1.82, 2.24) is 9.97 Å². The van der Waals surface area contributed by atoms with Crippen molar-refractivity contribution >= 4 is 21.9 Å². The van der Waals surface area contributed by atoms with Gasteiger partial charge in [0.15, 0.2) is 11.4 Å². The largest absolute Gasteiger partial charge is 0.476 e. The summed E-state index contributed by atoms with van der Waals surface area (Å²) in [4.78, 5) is 18.6. The summed E-state index contributed by atoms with van der Waals surface area (Å²) in [5, 5.41) is 8.93. The third kappa shape index (κ3) is 2.79. The van der Waals surface area contributed by atoms with E-state index in [4.69, 9.17) is 9.84 Å². The molecule has 0 saturated heterocycles. The van der Waals surface area contributed by atoms with Crippen molar-refractivity contribution in [2.24, 2.45) is 0 Å². The summed E-state index contributed by atoms with van der Waals surface area (Å²) < 4.78 is 6.16. The Morgan fingerprint density at radius 1 is 1.41 bits per heavy atom. The molecule has 2 rings (SSSR count). The van der Waals surface area contributed by atoms with E-state index in [1.807, 2.05) is 0 Å². The Morgan fingerprint density at radius 2 is 2.24 bits per heavy atom. The zero-order valence-electron chi connectivity index (χ0n) is 8.50. The van der Waals surface area contributed by atoms with Crippen molar-refractivity contribution in [3.05, 3.63) is 47.0 Å². The second-order valence-electron chi connectivity index (χ2n) is 3.10. The van der Waals surface area contributed by atoms with Crippen LogP contribution in [0, 0.1) is 0 Å². The number of rotatable bonds is 3. The minimum Gasteiger partial charge on any atom is -0.476 e. The van der Waals surface area contributed by atoms with Crippen LogP contribution in [-0.2, 0) is 0 Å². The molecule has 2 aromatic heterocycles. The second-order valence-corrected chi connectivity index (χ2v) is 4.01. The standard InChI is InChI=1S/C11H7BrN2O3/c12-7-4-8(6-13-5-7)17-9-2-1-3-14-10(9)11(15)16/h1-6H,(H,15,16). The van der Waals surface area contributed by atoms with Crippen molar-refractivity contribution in [3.63, 3.8) is 0 Å². The molecule has 0 spiro atoms. The zero-order valence-corrected chi connectivity index (χ0v) is 10.1. The van der Waals surface area contributed by atoms with Crippen LogP contribution in [0.1, 0.15) is 10.5 Å². The Morgan fingerprint density at radius 3 is 2.94 bits per heavy atom. The van der Waals surface area contributed by atoms with Crippen LogP contribution in [0.5, 0.6) is 11.5 Å². The fraction of sp³-hybridized carbons (Fsp3) is 0. The lowest BCUT2D eigenvalue weighted by molar-refractivity contribution is 0.0687. The summed E-state index contributed by atoms with van der Waals surface area (Å²) in [6.45, 7) is 0. The van der Waals surface area contributed by atoms with E-state index in [9.17, 15) is 4.79 Å². The van der Waals surface area contributed by atoms with Gasteiger partial charge in [0.2, 0.25) is 0 Å². The maximum absolute atomic E-state index is 10.9. The molecule has 1 N–H and O–H groups in total. The Bertz CT molecular complexity index is 560. The van der Waals surface area contributed by atoms with Gasteiger partial charge in [-0.15, -0.1) is 0 Å². The van der Waals surface area contributed by atoms with Gasteiger partial charge in [0.1, 0.15) is 5.75 Å². The minimum absolute atomic E-state index is 0.132. The second kappa shape index (κ2) is 4.92. The molecule has 0 bridgehead atoms. The van der Waals surface area contributed by atoms with Gasteiger partial charge in [0.05, 0.1) is 6.20 Å². The Kier molecular flexibility index (Phi) is 3.34. The van der Waals surface area contributed by atoms with Crippen LogP contribution >= 0.6 is 15.9 Å². The van der Waals surface area contributed by atoms with E-state index in [2.05, 4.69) is 25.9 Å². The number of aromatic nitrogens is 2. The van der Waals surface area contributed by atoms with Crippen molar-refractivity contribution in [1.29, 1.82) is 0 Å². The lowest BCUT2D eigenvalue weighted by Crippen LogP contribution is -2.02. The number of halogens is 1. The number of carbonyl (C=O) groups is 1. The third-order valence-electron chi connectivity index (χ3n) is 1.88. The molecule has 86 valence electrons. The number of carboxylic acids is 1. The molecule has 0 amide bonds. The highest BCUT2D eigenvalue weighted by molar-refractivity contribution is 9.10. The lowest BCUT2D eigenvalue weighted by Gasteiger charge is -2.07. The molecule has 0 radical (unpaired) electrons. The average Bonchev–Trinajstić information content (AvgIpc) is 2.29. The summed E-state index contributed by atoms with van der Waals surface area (Å²) in [5.74, 6) is -0.515. The van der Waals surface area contributed by atoms with Crippen LogP contribution < -0.4 is 4.74 Å². The van der Waals surface area contributed by atoms with E-state index in [-0.39, 0.29) is 11.4 Å². The fourth-order valence-corrected chi connectivity index (χ4v) is 1.55. The molecule has 2 aromatic rings. The first kappa shape index (κ1) is 11.5. The Hall–Kier alpha value is -1.95. The molecular weight excluding hydrogens is 288 g/mol. The molecule has 0 aromatic carbocycles. The molecule has 0 fully saturated rings. The van der Waals surface area contributed by atoms with Crippen molar-refractivity contribution in [3.8, 4) is 11.5 Å².